The van der Waals surface area contributed by atoms with Crippen LogP contribution in [0.25, 0.3) is 0 Å². The topological polar surface area (TPSA) is 53.1 Å². The van der Waals surface area contributed by atoms with Crippen molar-refractivity contribution in [3.63, 3.8) is 0 Å². The molecule has 0 aliphatic carbocycles. The minimum atomic E-state index is -4.49. The van der Waals surface area contributed by atoms with Crippen molar-refractivity contribution >= 4 is 11.8 Å². The molecule has 0 aliphatic heterocycles. The second kappa shape index (κ2) is 6.05. The second-order valence-electron chi connectivity index (χ2n) is 4.52. The van der Waals surface area contributed by atoms with E-state index in [0.717, 1.165) is 6.07 Å². The van der Waals surface area contributed by atoms with E-state index in [2.05, 4.69) is 20.6 Å². The van der Waals surface area contributed by atoms with Gasteiger partial charge in [-0.15, -0.1) is 0 Å². The number of halogens is 3. The maximum Gasteiger partial charge on any atom is 0.433 e. The molecule has 0 saturated heterocycles. The van der Waals surface area contributed by atoms with Crippen LogP contribution in [-0.4, -0.2) is 48.6 Å². The number of anilines is 2. The summed E-state index contributed by atoms with van der Waals surface area (Å²) >= 11 is 0. The monoisotopic (exact) mass is 277 g/mol. The van der Waals surface area contributed by atoms with Gasteiger partial charge in [0.25, 0.3) is 0 Å². The third kappa shape index (κ3) is 4.90. The predicted octanol–water partition coefficient (Wildman–Crippen LogP) is 1.90. The van der Waals surface area contributed by atoms with Crippen LogP contribution >= 0.6 is 0 Å². The van der Waals surface area contributed by atoms with Gasteiger partial charge in [-0.2, -0.15) is 18.2 Å². The predicted molar refractivity (Wildman–Crippen MR) is 68.2 cm³/mol. The van der Waals surface area contributed by atoms with Crippen LogP contribution in [0.1, 0.15) is 12.6 Å². The van der Waals surface area contributed by atoms with Gasteiger partial charge < -0.3 is 15.5 Å². The van der Waals surface area contributed by atoms with Gasteiger partial charge in [0.2, 0.25) is 5.95 Å². The molecule has 0 saturated carbocycles. The molecule has 8 heteroatoms. The Morgan fingerprint density at radius 2 is 1.95 bits per heavy atom. The van der Waals surface area contributed by atoms with E-state index < -0.39 is 11.9 Å². The lowest BCUT2D eigenvalue weighted by Crippen LogP contribution is -2.30. The quantitative estimate of drug-likeness (QED) is 0.861. The fourth-order valence-electron chi connectivity index (χ4n) is 1.62. The van der Waals surface area contributed by atoms with Crippen LogP contribution in [0.15, 0.2) is 6.07 Å². The molecule has 0 fully saturated rings. The Balaban J connectivity index is 2.94. The van der Waals surface area contributed by atoms with Crippen LogP contribution in [0.3, 0.4) is 0 Å². The van der Waals surface area contributed by atoms with E-state index >= 15 is 0 Å². The van der Waals surface area contributed by atoms with Gasteiger partial charge in [0, 0.05) is 25.7 Å². The van der Waals surface area contributed by atoms with Gasteiger partial charge in [-0.25, -0.2) is 4.98 Å². The molecule has 1 rings (SSSR count). The SMILES string of the molecule is CNc1nc(NC(C)CN(C)C)cc(C(F)(F)F)n1. The minimum absolute atomic E-state index is 0.0318. The van der Waals surface area contributed by atoms with E-state index in [1.165, 1.54) is 7.05 Å². The Labute approximate surface area is 110 Å². The van der Waals surface area contributed by atoms with E-state index in [9.17, 15) is 13.2 Å². The van der Waals surface area contributed by atoms with Crippen LogP contribution < -0.4 is 10.6 Å². The van der Waals surface area contributed by atoms with Crippen LogP contribution in [-0.2, 0) is 6.18 Å². The average Bonchev–Trinajstić information content (AvgIpc) is 2.25. The molecule has 1 atom stereocenters. The van der Waals surface area contributed by atoms with Gasteiger partial charge in [-0.3, -0.25) is 0 Å². The molecule has 1 aromatic rings. The van der Waals surface area contributed by atoms with Crippen molar-refractivity contribution in [2.75, 3.05) is 38.3 Å². The van der Waals surface area contributed by atoms with Crippen molar-refractivity contribution in [2.45, 2.75) is 19.1 Å². The number of aromatic nitrogens is 2. The molecule has 0 spiro atoms. The first-order chi connectivity index (χ1) is 8.72. The van der Waals surface area contributed by atoms with E-state index in [0.29, 0.717) is 6.54 Å². The molecule has 1 unspecified atom stereocenters. The molecule has 108 valence electrons. The molecule has 2 N–H and O–H groups in total. The van der Waals surface area contributed by atoms with E-state index in [1.807, 2.05) is 25.9 Å². The highest BCUT2D eigenvalue weighted by Gasteiger charge is 2.33. The Kier molecular flexibility index (Phi) is 4.93. The van der Waals surface area contributed by atoms with Crippen molar-refractivity contribution in [3.8, 4) is 0 Å². The second-order valence-corrected chi connectivity index (χ2v) is 4.52. The zero-order valence-electron chi connectivity index (χ0n) is 11.3. The number of hydrogen-bond donors (Lipinski definition) is 2. The summed E-state index contributed by atoms with van der Waals surface area (Å²) in [6.07, 6.45) is -4.49. The highest BCUT2D eigenvalue weighted by molar-refractivity contribution is 5.43. The third-order valence-electron chi connectivity index (χ3n) is 2.27. The molecule has 0 amide bonds. The molecule has 0 aromatic carbocycles. The largest absolute Gasteiger partial charge is 0.433 e. The Bertz CT molecular complexity index is 419. The summed E-state index contributed by atoms with van der Waals surface area (Å²) in [7, 11) is 5.25. The Hall–Kier alpha value is -1.57. The van der Waals surface area contributed by atoms with Crippen LogP contribution in [0.4, 0.5) is 24.9 Å². The summed E-state index contributed by atoms with van der Waals surface area (Å²) in [5.74, 6) is 0.0930. The number of nitrogens with one attached hydrogen (secondary N) is 2. The van der Waals surface area contributed by atoms with Gasteiger partial charge in [-0.1, -0.05) is 0 Å². The summed E-state index contributed by atoms with van der Waals surface area (Å²) in [5.41, 5.74) is -0.966. The van der Waals surface area contributed by atoms with Crippen LogP contribution in [0.2, 0.25) is 0 Å². The van der Waals surface area contributed by atoms with Crippen molar-refractivity contribution in [1.29, 1.82) is 0 Å². The molecule has 1 aromatic heterocycles. The molecule has 0 radical (unpaired) electrons. The normalized spacial score (nSPS) is 13.5. The number of likely N-dealkylation sites (N-methyl/N-ethyl adjacent to an activating group) is 1. The van der Waals surface area contributed by atoms with E-state index in [-0.39, 0.29) is 17.8 Å². The Morgan fingerprint density at radius 3 is 2.42 bits per heavy atom. The minimum Gasteiger partial charge on any atom is -0.366 e. The smallest absolute Gasteiger partial charge is 0.366 e. The van der Waals surface area contributed by atoms with Crippen LogP contribution in [0, 0.1) is 0 Å². The molecular weight excluding hydrogens is 259 g/mol. The van der Waals surface area contributed by atoms with Gasteiger partial charge >= 0.3 is 6.18 Å². The number of hydrogen-bond acceptors (Lipinski definition) is 5. The first-order valence-electron chi connectivity index (χ1n) is 5.77. The molecule has 1 heterocycles. The van der Waals surface area contributed by atoms with Crippen molar-refractivity contribution in [1.82, 2.24) is 14.9 Å². The lowest BCUT2D eigenvalue weighted by atomic mass is 10.3. The molecular formula is C11H18F3N5. The highest BCUT2D eigenvalue weighted by Crippen LogP contribution is 2.29. The standard InChI is InChI=1S/C11H18F3N5/c1-7(6-19(3)4)16-9-5-8(11(12,13)14)17-10(15-2)18-9/h5,7H,6H2,1-4H3,(H2,15,16,17,18). The van der Waals surface area contributed by atoms with Gasteiger partial charge in [-0.05, 0) is 21.0 Å². The van der Waals surface area contributed by atoms with Crippen molar-refractivity contribution in [2.24, 2.45) is 0 Å². The van der Waals surface area contributed by atoms with Crippen LogP contribution in [0.5, 0.6) is 0 Å². The highest BCUT2D eigenvalue weighted by atomic mass is 19.4. The lowest BCUT2D eigenvalue weighted by Gasteiger charge is -2.19. The molecule has 5 nitrogen and oxygen atoms in total. The molecule has 0 aliphatic rings. The number of nitrogens with zero attached hydrogens (tertiary/aromatic N) is 3. The zero-order valence-corrected chi connectivity index (χ0v) is 11.3. The third-order valence-corrected chi connectivity index (χ3v) is 2.27. The summed E-state index contributed by atoms with van der Waals surface area (Å²) in [5, 5.41) is 5.45. The first kappa shape index (κ1) is 15.5. The molecule has 0 bridgehead atoms. The van der Waals surface area contributed by atoms with E-state index in [1.54, 1.807) is 0 Å². The van der Waals surface area contributed by atoms with E-state index in [4.69, 9.17) is 0 Å². The average molecular weight is 277 g/mol. The first-order valence-corrected chi connectivity index (χ1v) is 5.77. The summed E-state index contributed by atoms with van der Waals surface area (Å²) in [4.78, 5) is 9.29. The number of rotatable bonds is 5. The van der Waals surface area contributed by atoms with Gasteiger partial charge in [0.05, 0.1) is 0 Å². The van der Waals surface area contributed by atoms with Crippen molar-refractivity contribution in [3.05, 3.63) is 11.8 Å². The number of alkyl halides is 3. The molecule has 19 heavy (non-hydrogen) atoms. The fraction of sp³-hybridized carbons (Fsp3) is 0.636. The Morgan fingerprint density at radius 1 is 1.32 bits per heavy atom. The zero-order chi connectivity index (χ0) is 14.6. The maximum atomic E-state index is 12.7. The van der Waals surface area contributed by atoms with Crippen molar-refractivity contribution < 1.29 is 13.2 Å². The summed E-state index contributed by atoms with van der Waals surface area (Å²) < 4.78 is 38.0. The fourth-order valence-corrected chi connectivity index (χ4v) is 1.62. The summed E-state index contributed by atoms with van der Waals surface area (Å²) in [6.45, 7) is 2.55. The maximum absolute atomic E-state index is 12.7. The summed E-state index contributed by atoms with van der Waals surface area (Å²) in [6, 6.07) is 0.878. The van der Waals surface area contributed by atoms with Gasteiger partial charge in [0.15, 0.2) is 5.69 Å². The lowest BCUT2D eigenvalue weighted by molar-refractivity contribution is -0.141. The van der Waals surface area contributed by atoms with Gasteiger partial charge in [0.1, 0.15) is 5.82 Å².